The fourth-order valence-electron chi connectivity index (χ4n) is 3.02. The summed E-state index contributed by atoms with van der Waals surface area (Å²) in [6, 6.07) is 16.1. The molecule has 1 aromatic heterocycles. The van der Waals surface area contributed by atoms with Crippen LogP contribution in [-0.2, 0) is 12.8 Å². The number of hydrogen-bond acceptors (Lipinski definition) is 4. The van der Waals surface area contributed by atoms with Gasteiger partial charge in [0.05, 0.1) is 12.5 Å². The van der Waals surface area contributed by atoms with Crippen LogP contribution in [-0.4, -0.2) is 22.6 Å². The number of hydrogen-bond donors (Lipinski definition) is 2. The maximum absolute atomic E-state index is 6.15. The highest BCUT2D eigenvalue weighted by Crippen LogP contribution is 2.23. The Labute approximate surface area is 189 Å². The zero-order valence-corrected chi connectivity index (χ0v) is 19.4. The van der Waals surface area contributed by atoms with Gasteiger partial charge in [0.2, 0.25) is 11.7 Å². The van der Waals surface area contributed by atoms with E-state index in [-0.39, 0.29) is 29.9 Å². The fourth-order valence-corrected chi connectivity index (χ4v) is 3.02. The second-order valence-electron chi connectivity index (χ2n) is 6.73. The third-order valence-electron chi connectivity index (χ3n) is 4.68. The first-order valence-electron chi connectivity index (χ1n) is 9.69. The van der Waals surface area contributed by atoms with Gasteiger partial charge in [0, 0.05) is 11.3 Å². The lowest BCUT2D eigenvalue weighted by molar-refractivity contribution is 0.361. The molecule has 7 heteroatoms. The Morgan fingerprint density at radius 3 is 2.34 bits per heavy atom. The largest absolute Gasteiger partial charge is 0.370 e. The van der Waals surface area contributed by atoms with Gasteiger partial charge in [0.25, 0.3) is 0 Å². The van der Waals surface area contributed by atoms with E-state index < -0.39 is 0 Å². The second kappa shape index (κ2) is 10.9. The molecule has 0 aliphatic rings. The lowest BCUT2D eigenvalue weighted by Crippen LogP contribution is -2.25. The van der Waals surface area contributed by atoms with Crippen LogP contribution in [0.1, 0.15) is 43.7 Å². The van der Waals surface area contributed by atoms with Crippen molar-refractivity contribution in [3.8, 4) is 11.4 Å². The van der Waals surface area contributed by atoms with Crippen molar-refractivity contribution in [2.24, 2.45) is 10.7 Å². The van der Waals surface area contributed by atoms with Gasteiger partial charge in [-0.3, -0.25) is 4.99 Å². The summed E-state index contributed by atoms with van der Waals surface area (Å²) in [5.74, 6) is 1.50. The van der Waals surface area contributed by atoms with Crippen molar-refractivity contribution in [1.82, 2.24) is 10.1 Å². The van der Waals surface area contributed by atoms with Crippen LogP contribution in [0.2, 0.25) is 0 Å². The highest BCUT2D eigenvalue weighted by Gasteiger charge is 2.15. The average molecular weight is 505 g/mol. The molecule has 1 atom stereocenters. The fraction of sp³-hybridized carbons (Fsp3) is 0.318. The van der Waals surface area contributed by atoms with Crippen LogP contribution >= 0.6 is 24.0 Å². The average Bonchev–Trinajstić information content (AvgIpc) is 3.23. The Morgan fingerprint density at radius 2 is 1.72 bits per heavy atom. The minimum absolute atomic E-state index is 0. The van der Waals surface area contributed by atoms with Crippen molar-refractivity contribution in [2.45, 2.75) is 39.5 Å². The van der Waals surface area contributed by atoms with Crippen LogP contribution in [0.5, 0.6) is 0 Å². The molecule has 0 aliphatic heterocycles. The number of guanidine groups is 1. The van der Waals surface area contributed by atoms with E-state index in [1.165, 1.54) is 11.1 Å². The molecule has 3 aromatic rings. The predicted octanol–water partition coefficient (Wildman–Crippen LogP) is 5.01. The topological polar surface area (TPSA) is 89.3 Å². The number of anilines is 1. The molecule has 0 amide bonds. The van der Waals surface area contributed by atoms with Crippen molar-refractivity contribution in [3.05, 3.63) is 65.5 Å². The lowest BCUT2D eigenvalue weighted by Gasteiger charge is -2.15. The lowest BCUT2D eigenvalue weighted by atomic mass is 10.0. The number of rotatable bonds is 7. The van der Waals surface area contributed by atoms with Crippen LogP contribution in [0.15, 0.2) is 58.0 Å². The van der Waals surface area contributed by atoms with E-state index in [9.17, 15) is 0 Å². The molecule has 154 valence electrons. The van der Waals surface area contributed by atoms with E-state index in [4.69, 9.17) is 10.3 Å². The van der Waals surface area contributed by atoms with Crippen LogP contribution in [0.3, 0.4) is 0 Å². The van der Waals surface area contributed by atoms with Gasteiger partial charge < -0.3 is 15.6 Å². The SMILES string of the molecule is CCc1cccc(CC)c1NC(N)=NCC(C)c1nc(-c2ccccc2)no1.I. The Hall–Kier alpha value is -2.42. The number of halogens is 1. The van der Waals surface area contributed by atoms with Gasteiger partial charge >= 0.3 is 0 Å². The molecule has 0 radical (unpaired) electrons. The van der Waals surface area contributed by atoms with E-state index in [0.717, 1.165) is 24.1 Å². The van der Waals surface area contributed by atoms with E-state index in [1.54, 1.807) is 0 Å². The number of para-hydroxylation sites is 1. The molecule has 1 unspecified atom stereocenters. The van der Waals surface area contributed by atoms with Gasteiger partial charge in [0.1, 0.15) is 0 Å². The van der Waals surface area contributed by atoms with Gasteiger partial charge in [-0.05, 0) is 24.0 Å². The van der Waals surface area contributed by atoms with Crippen molar-refractivity contribution >= 4 is 35.6 Å². The third kappa shape index (κ3) is 5.79. The van der Waals surface area contributed by atoms with Crippen LogP contribution in [0, 0.1) is 0 Å². The summed E-state index contributed by atoms with van der Waals surface area (Å²) in [5.41, 5.74) is 10.6. The highest BCUT2D eigenvalue weighted by atomic mass is 127. The molecule has 0 fully saturated rings. The first-order valence-corrected chi connectivity index (χ1v) is 9.69. The Kier molecular flexibility index (Phi) is 8.63. The number of aromatic nitrogens is 2. The first-order chi connectivity index (χ1) is 13.6. The maximum atomic E-state index is 6.15. The van der Waals surface area contributed by atoms with E-state index in [2.05, 4.69) is 52.5 Å². The van der Waals surface area contributed by atoms with Crippen LogP contribution in [0.25, 0.3) is 11.4 Å². The molecular formula is C22H28IN5O. The first kappa shape index (κ1) is 22.9. The number of aliphatic imine (C=N–C) groups is 1. The van der Waals surface area contributed by atoms with Gasteiger partial charge in [-0.15, -0.1) is 24.0 Å². The minimum atomic E-state index is -0.0302. The normalized spacial score (nSPS) is 12.3. The summed E-state index contributed by atoms with van der Waals surface area (Å²) >= 11 is 0. The third-order valence-corrected chi connectivity index (χ3v) is 4.68. The van der Waals surface area contributed by atoms with Crippen LogP contribution < -0.4 is 11.1 Å². The summed E-state index contributed by atoms with van der Waals surface area (Å²) in [6.07, 6.45) is 1.87. The van der Waals surface area contributed by atoms with E-state index >= 15 is 0 Å². The molecule has 1 heterocycles. The Balaban J connectivity index is 0.00000300. The molecule has 3 N–H and O–H groups in total. The summed E-state index contributed by atoms with van der Waals surface area (Å²) < 4.78 is 5.41. The van der Waals surface area contributed by atoms with Gasteiger partial charge in [-0.1, -0.05) is 74.5 Å². The number of benzene rings is 2. The molecule has 3 rings (SSSR count). The highest BCUT2D eigenvalue weighted by molar-refractivity contribution is 14.0. The van der Waals surface area contributed by atoms with Crippen LogP contribution in [0.4, 0.5) is 5.69 Å². The number of nitrogens with two attached hydrogens (primary N) is 1. The predicted molar refractivity (Wildman–Crippen MR) is 129 cm³/mol. The maximum Gasteiger partial charge on any atom is 0.231 e. The molecule has 0 aliphatic carbocycles. The zero-order valence-electron chi connectivity index (χ0n) is 17.1. The molecule has 0 spiro atoms. The number of nitrogens with zero attached hydrogens (tertiary/aromatic N) is 3. The quantitative estimate of drug-likeness (QED) is 0.268. The van der Waals surface area contributed by atoms with Gasteiger partial charge in [-0.25, -0.2) is 0 Å². The smallest absolute Gasteiger partial charge is 0.231 e. The molecule has 0 saturated heterocycles. The van der Waals surface area contributed by atoms with Crippen molar-refractivity contribution < 1.29 is 4.52 Å². The van der Waals surface area contributed by atoms with Crippen molar-refractivity contribution in [1.29, 1.82) is 0 Å². The Bertz CT molecular complexity index is 917. The summed E-state index contributed by atoms with van der Waals surface area (Å²) in [7, 11) is 0. The standard InChI is InChI=1S/C22H27N5O.HI/c1-4-16-12-9-13-17(5-2)19(16)25-22(23)24-14-15(3)21-26-20(27-28-21)18-10-7-6-8-11-18;/h6-13,15H,4-5,14H2,1-3H3,(H3,23,24,25);1H. The molecule has 2 aromatic carbocycles. The van der Waals surface area contributed by atoms with Crippen molar-refractivity contribution in [3.63, 3.8) is 0 Å². The molecular weight excluding hydrogens is 477 g/mol. The molecule has 6 nitrogen and oxygen atoms in total. The summed E-state index contributed by atoms with van der Waals surface area (Å²) in [4.78, 5) is 8.97. The Morgan fingerprint density at radius 1 is 1.07 bits per heavy atom. The minimum Gasteiger partial charge on any atom is -0.370 e. The van der Waals surface area contributed by atoms with E-state index in [1.807, 2.05) is 37.3 Å². The van der Waals surface area contributed by atoms with Crippen molar-refractivity contribution in [2.75, 3.05) is 11.9 Å². The summed E-state index contributed by atoms with van der Waals surface area (Å²) in [5, 5.41) is 7.35. The molecule has 0 saturated carbocycles. The molecule has 29 heavy (non-hydrogen) atoms. The zero-order chi connectivity index (χ0) is 19.9. The van der Waals surface area contributed by atoms with Gasteiger partial charge in [-0.2, -0.15) is 4.98 Å². The van der Waals surface area contributed by atoms with E-state index in [0.29, 0.717) is 24.2 Å². The number of nitrogens with one attached hydrogen (secondary N) is 1. The van der Waals surface area contributed by atoms with Gasteiger partial charge in [0.15, 0.2) is 5.96 Å². The molecule has 0 bridgehead atoms. The summed E-state index contributed by atoms with van der Waals surface area (Å²) in [6.45, 7) is 6.73. The number of aryl methyl sites for hydroxylation is 2. The second-order valence-corrected chi connectivity index (χ2v) is 6.73. The monoisotopic (exact) mass is 505 g/mol.